The molecule has 1 saturated carbocycles. The summed E-state index contributed by atoms with van der Waals surface area (Å²) in [6.07, 6.45) is 5.63. The lowest BCUT2D eigenvalue weighted by atomic mass is 9.85. The summed E-state index contributed by atoms with van der Waals surface area (Å²) in [6.45, 7) is 0. The average molecular weight is 224 g/mol. The molecule has 1 heterocycles. The van der Waals surface area contributed by atoms with Crippen LogP contribution in [0.5, 0.6) is 0 Å². The van der Waals surface area contributed by atoms with E-state index in [1.54, 1.807) is 0 Å². The molecule has 2 bridgehead atoms. The van der Waals surface area contributed by atoms with Gasteiger partial charge in [-0.25, -0.2) is 0 Å². The maximum atomic E-state index is 3.77. The minimum atomic E-state index is 0. The summed E-state index contributed by atoms with van der Waals surface area (Å²) in [6, 6.07) is 12.4. The van der Waals surface area contributed by atoms with E-state index in [0.29, 0.717) is 6.04 Å². The van der Waals surface area contributed by atoms with Crippen molar-refractivity contribution in [3.05, 3.63) is 35.9 Å². The SMILES string of the molecule is Cl.c1ccc(C2NC3CCCC2C3)cc1. The summed E-state index contributed by atoms with van der Waals surface area (Å²) < 4.78 is 0. The van der Waals surface area contributed by atoms with Crippen molar-refractivity contribution in [2.75, 3.05) is 0 Å². The van der Waals surface area contributed by atoms with Crippen molar-refractivity contribution < 1.29 is 0 Å². The molecular weight excluding hydrogens is 206 g/mol. The van der Waals surface area contributed by atoms with Crippen LogP contribution in [-0.4, -0.2) is 6.04 Å². The van der Waals surface area contributed by atoms with E-state index in [-0.39, 0.29) is 12.4 Å². The van der Waals surface area contributed by atoms with Gasteiger partial charge in [0.1, 0.15) is 0 Å². The number of benzene rings is 1. The molecule has 3 unspecified atom stereocenters. The molecule has 1 nitrogen and oxygen atoms in total. The van der Waals surface area contributed by atoms with Gasteiger partial charge in [-0.05, 0) is 30.7 Å². The number of hydrogen-bond donors (Lipinski definition) is 1. The van der Waals surface area contributed by atoms with Crippen LogP contribution in [0, 0.1) is 5.92 Å². The van der Waals surface area contributed by atoms with Gasteiger partial charge in [0, 0.05) is 12.1 Å². The number of fused-ring (bicyclic) bond motifs is 2. The van der Waals surface area contributed by atoms with Crippen LogP contribution in [0.4, 0.5) is 0 Å². The van der Waals surface area contributed by atoms with Gasteiger partial charge in [-0.15, -0.1) is 12.4 Å². The fraction of sp³-hybridized carbons (Fsp3) is 0.538. The standard InChI is InChI=1S/C13H17N.ClH/c1-2-5-10(6-3-1)13-11-7-4-8-12(9-11)14-13;/h1-3,5-6,11-14H,4,7-9H2;1H. The zero-order valence-corrected chi connectivity index (χ0v) is 9.67. The lowest BCUT2D eigenvalue weighted by Gasteiger charge is -2.19. The van der Waals surface area contributed by atoms with Crippen LogP contribution >= 0.6 is 12.4 Å². The molecule has 3 atom stereocenters. The van der Waals surface area contributed by atoms with Crippen LogP contribution in [0.1, 0.15) is 37.3 Å². The first-order valence-corrected chi connectivity index (χ1v) is 5.74. The van der Waals surface area contributed by atoms with Crippen molar-refractivity contribution in [1.82, 2.24) is 5.32 Å². The quantitative estimate of drug-likeness (QED) is 0.771. The number of rotatable bonds is 1. The first-order valence-electron chi connectivity index (χ1n) is 5.74. The van der Waals surface area contributed by atoms with Gasteiger partial charge in [0.25, 0.3) is 0 Å². The molecule has 0 aromatic heterocycles. The summed E-state index contributed by atoms with van der Waals surface area (Å²) in [4.78, 5) is 0. The Bertz CT molecular complexity index is 312. The summed E-state index contributed by atoms with van der Waals surface area (Å²) in [5.74, 6) is 0.899. The molecular formula is C13H18ClN. The molecule has 0 amide bonds. The highest BCUT2D eigenvalue weighted by Gasteiger charge is 2.36. The Hall–Kier alpha value is -0.530. The monoisotopic (exact) mass is 223 g/mol. The van der Waals surface area contributed by atoms with Crippen LogP contribution in [0.25, 0.3) is 0 Å². The summed E-state index contributed by atoms with van der Waals surface area (Å²) in [7, 11) is 0. The molecule has 1 saturated heterocycles. The van der Waals surface area contributed by atoms with E-state index in [1.165, 1.54) is 31.2 Å². The summed E-state index contributed by atoms with van der Waals surface area (Å²) in [5, 5.41) is 3.77. The van der Waals surface area contributed by atoms with Gasteiger partial charge in [-0.2, -0.15) is 0 Å². The predicted molar refractivity (Wildman–Crippen MR) is 65.3 cm³/mol. The zero-order valence-electron chi connectivity index (χ0n) is 8.86. The molecule has 1 aliphatic heterocycles. The van der Waals surface area contributed by atoms with Gasteiger partial charge < -0.3 is 5.32 Å². The molecule has 15 heavy (non-hydrogen) atoms. The highest BCUT2D eigenvalue weighted by atomic mass is 35.5. The van der Waals surface area contributed by atoms with E-state index in [4.69, 9.17) is 0 Å². The minimum absolute atomic E-state index is 0. The van der Waals surface area contributed by atoms with Gasteiger partial charge in [0.05, 0.1) is 0 Å². The molecule has 1 aromatic rings. The van der Waals surface area contributed by atoms with Crippen LogP contribution in [-0.2, 0) is 0 Å². The second-order valence-electron chi connectivity index (χ2n) is 4.68. The van der Waals surface area contributed by atoms with Gasteiger partial charge in [-0.3, -0.25) is 0 Å². The Morgan fingerprint density at radius 1 is 1.07 bits per heavy atom. The van der Waals surface area contributed by atoms with Crippen molar-refractivity contribution in [3.8, 4) is 0 Å². The van der Waals surface area contributed by atoms with Crippen molar-refractivity contribution in [3.63, 3.8) is 0 Å². The lowest BCUT2D eigenvalue weighted by molar-refractivity contribution is 0.387. The number of nitrogens with one attached hydrogen (secondary N) is 1. The maximum absolute atomic E-state index is 3.77. The second kappa shape index (κ2) is 4.54. The Balaban J connectivity index is 0.000000853. The van der Waals surface area contributed by atoms with Crippen molar-refractivity contribution in [2.45, 2.75) is 37.8 Å². The van der Waals surface area contributed by atoms with E-state index in [1.807, 2.05) is 0 Å². The van der Waals surface area contributed by atoms with Crippen molar-refractivity contribution in [2.24, 2.45) is 5.92 Å². The highest BCUT2D eigenvalue weighted by molar-refractivity contribution is 5.85. The zero-order chi connectivity index (χ0) is 9.38. The van der Waals surface area contributed by atoms with Gasteiger partial charge in [-0.1, -0.05) is 36.8 Å². The molecule has 0 spiro atoms. The maximum Gasteiger partial charge on any atom is 0.0351 e. The molecule has 2 aliphatic rings. The number of halogens is 1. The smallest absolute Gasteiger partial charge is 0.0351 e. The van der Waals surface area contributed by atoms with Gasteiger partial charge in [0.2, 0.25) is 0 Å². The Morgan fingerprint density at radius 3 is 2.60 bits per heavy atom. The predicted octanol–water partition coefficient (Wildman–Crippen LogP) is 3.31. The van der Waals surface area contributed by atoms with Crippen LogP contribution in [0.3, 0.4) is 0 Å². The third-order valence-electron chi connectivity index (χ3n) is 3.76. The molecule has 82 valence electrons. The van der Waals surface area contributed by atoms with Crippen LogP contribution in [0.15, 0.2) is 30.3 Å². The fourth-order valence-electron chi connectivity index (χ4n) is 3.10. The van der Waals surface area contributed by atoms with Crippen LogP contribution < -0.4 is 5.32 Å². The van der Waals surface area contributed by atoms with Crippen molar-refractivity contribution in [1.29, 1.82) is 0 Å². The Kier molecular flexibility index (Phi) is 3.32. The molecule has 1 aromatic carbocycles. The third-order valence-corrected chi connectivity index (χ3v) is 3.76. The van der Waals surface area contributed by atoms with E-state index in [0.717, 1.165) is 12.0 Å². The Morgan fingerprint density at radius 2 is 1.87 bits per heavy atom. The van der Waals surface area contributed by atoms with E-state index < -0.39 is 0 Å². The molecule has 1 N–H and O–H groups in total. The molecule has 2 heteroatoms. The molecule has 0 radical (unpaired) electrons. The Labute approximate surface area is 97.7 Å². The summed E-state index contributed by atoms with van der Waals surface area (Å²) >= 11 is 0. The topological polar surface area (TPSA) is 12.0 Å². The minimum Gasteiger partial charge on any atom is -0.307 e. The van der Waals surface area contributed by atoms with Gasteiger partial charge in [0.15, 0.2) is 0 Å². The van der Waals surface area contributed by atoms with E-state index in [2.05, 4.69) is 35.6 Å². The third kappa shape index (κ3) is 2.04. The number of hydrogen-bond acceptors (Lipinski definition) is 1. The van der Waals surface area contributed by atoms with Crippen LogP contribution in [0.2, 0.25) is 0 Å². The second-order valence-corrected chi connectivity index (χ2v) is 4.68. The molecule has 1 aliphatic carbocycles. The highest BCUT2D eigenvalue weighted by Crippen LogP contribution is 2.40. The average Bonchev–Trinajstić information content (AvgIpc) is 2.55. The lowest BCUT2D eigenvalue weighted by Crippen LogP contribution is -2.23. The first-order chi connectivity index (χ1) is 6.93. The van der Waals surface area contributed by atoms with E-state index >= 15 is 0 Å². The fourth-order valence-corrected chi connectivity index (χ4v) is 3.10. The normalized spacial score (nSPS) is 33.5. The first kappa shape index (κ1) is 11.0. The molecule has 2 fully saturated rings. The van der Waals surface area contributed by atoms with Gasteiger partial charge >= 0.3 is 0 Å². The van der Waals surface area contributed by atoms with Crippen molar-refractivity contribution >= 4 is 12.4 Å². The largest absolute Gasteiger partial charge is 0.307 e. The van der Waals surface area contributed by atoms with E-state index in [9.17, 15) is 0 Å². The molecule has 3 rings (SSSR count). The summed E-state index contributed by atoms with van der Waals surface area (Å²) in [5.41, 5.74) is 1.49.